The van der Waals surface area contributed by atoms with Crippen LogP contribution in [0.15, 0.2) is 36.8 Å². The monoisotopic (exact) mass is 268 g/mol. The van der Waals surface area contributed by atoms with Gasteiger partial charge in [0.25, 0.3) is 0 Å². The van der Waals surface area contributed by atoms with E-state index in [-0.39, 0.29) is 0 Å². The maximum Gasteiger partial charge on any atom is 0.140 e. The Balaban J connectivity index is 1.68. The van der Waals surface area contributed by atoms with Gasteiger partial charge in [-0.2, -0.15) is 5.10 Å². The van der Waals surface area contributed by atoms with Crippen LogP contribution in [0.2, 0.25) is 0 Å². The van der Waals surface area contributed by atoms with Crippen LogP contribution in [0.1, 0.15) is 12.8 Å². The quantitative estimate of drug-likeness (QED) is 0.794. The summed E-state index contributed by atoms with van der Waals surface area (Å²) in [5, 5.41) is 8.18. The molecular weight excluding hydrogens is 252 g/mol. The molecule has 5 nitrogen and oxygen atoms in total. The first kappa shape index (κ1) is 11.7. The number of ether oxygens (including phenoxy) is 1. The highest BCUT2D eigenvalue weighted by molar-refractivity contribution is 5.82. The van der Waals surface area contributed by atoms with Crippen molar-refractivity contribution in [2.75, 3.05) is 6.61 Å². The van der Waals surface area contributed by atoms with E-state index < -0.39 is 0 Å². The number of fused-ring (bicyclic) bond motifs is 1. The fraction of sp³-hybridized carbons (Fsp3) is 0.333. The molecule has 0 spiro atoms. The van der Waals surface area contributed by atoms with E-state index in [0.29, 0.717) is 6.10 Å². The van der Waals surface area contributed by atoms with Crippen molar-refractivity contribution in [3.8, 4) is 11.4 Å². The molecule has 0 amide bonds. The van der Waals surface area contributed by atoms with Crippen LogP contribution < -0.4 is 0 Å². The Morgan fingerprint density at radius 2 is 2.40 bits per heavy atom. The van der Waals surface area contributed by atoms with Gasteiger partial charge in [0, 0.05) is 30.0 Å². The zero-order chi connectivity index (χ0) is 13.4. The molecule has 2 aromatic heterocycles. The van der Waals surface area contributed by atoms with Crippen molar-refractivity contribution in [1.82, 2.24) is 19.7 Å². The van der Waals surface area contributed by atoms with E-state index >= 15 is 0 Å². The molecule has 1 saturated heterocycles. The van der Waals surface area contributed by atoms with Crippen molar-refractivity contribution in [2.24, 2.45) is 0 Å². The van der Waals surface area contributed by atoms with Crippen molar-refractivity contribution < 1.29 is 4.74 Å². The first-order valence-corrected chi connectivity index (χ1v) is 6.96. The average molecular weight is 268 g/mol. The number of nitrogens with one attached hydrogen (secondary N) is 1. The number of hydrogen-bond donors (Lipinski definition) is 1. The van der Waals surface area contributed by atoms with Crippen molar-refractivity contribution in [3.63, 3.8) is 0 Å². The van der Waals surface area contributed by atoms with Crippen molar-refractivity contribution in [3.05, 3.63) is 36.8 Å². The van der Waals surface area contributed by atoms with Gasteiger partial charge in [0.1, 0.15) is 5.82 Å². The number of aromatic nitrogens is 4. The van der Waals surface area contributed by atoms with Crippen LogP contribution >= 0.6 is 0 Å². The van der Waals surface area contributed by atoms with Gasteiger partial charge in [-0.15, -0.1) is 0 Å². The number of benzene rings is 1. The van der Waals surface area contributed by atoms with Crippen molar-refractivity contribution >= 4 is 10.9 Å². The molecule has 20 heavy (non-hydrogen) atoms. The van der Waals surface area contributed by atoms with Gasteiger partial charge in [-0.3, -0.25) is 5.10 Å². The second kappa shape index (κ2) is 4.76. The molecular formula is C15H16N4O. The minimum Gasteiger partial charge on any atom is -0.376 e. The van der Waals surface area contributed by atoms with E-state index in [1.54, 1.807) is 0 Å². The molecule has 0 saturated carbocycles. The highest BCUT2D eigenvalue weighted by Gasteiger charge is 2.17. The minimum absolute atomic E-state index is 0.318. The standard InChI is InChI=1S/C15H16N4O/c1-2-13(20-7-1)10-19-6-5-16-15(19)11-3-4-12-9-17-18-14(12)8-11/h3-6,8-9,13H,1-2,7,10H2,(H,17,18)/t13-/m0/s1. The average Bonchev–Trinajstić information content (AvgIpc) is 3.19. The topological polar surface area (TPSA) is 55.7 Å². The van der Waals surface area contributed by atoms with Gasteiger partial charge in [-0.1, -0.05) is 12.1 Å². The summed E-state index contributed by atoms with van der Waals surface area (Å²) in [4.78, 5) is 4.49. The van der Waals surface area contributed by atoms with Gasteiger partial charge >= 0.3 is 0 Å². The van der Waals surface area contributed by atoms with E-state index in [2.05, 4.69) is 37.9 Å². The number of hydrogen-bond acceptors (Lipinski definition) is 3. The summed E-state index contributed by atoms with van der Waals surface area (Å²) < 4.78 is 7.88. The van der Waals surface area contributed by atoms with Gasteiger partial charge in [0.2, 0.25) is 0 Å². The SMILES string of the molecule is c1cn(C[C@@H]2CCCO2)c(-c2ccc3cn[nH]c3c2)n1. The maximum atomic E-state index is 5.71. The van der Waals surface area contributed by atoms with Crippen LogP contribution in [-0.2, 0) is 11.3 Å². The molecule has 1 aliphatic rings. The van der Waals surface area contributed by atoms with Crippen LogP contribution in [0.3, 0.4) is 0 Å². The van der Waals surface area contributed by atoms with Crippen LogP contribution in [0.5, 0.6) is 0 Å². The third-order valence-corrected chi connectivity index (χ3v) is 3.84. The molecule has 5 heteroatoms. The Kier molecular flexibility index (Phi) is 2.77. The van der Waals surface area contributed by atoms with Gasteiger partial charge in [0.05, 0.1) is 24.4 Å². The third kappa shape index (κ3) is 2.00. The Labute approximate surface area is 116 Å². The van der Waals surface area contributed by atoms with Crippen LogP contribution in [0.25, 0.3) is 22.3 Å². The predicted octanol–water partition coefficient (Wildman–Crippen LogP) is 2.61. The summed E-state index contributed by atoms with van der Waals surface area (Å²) in [6.07, 6.45) is 8.32. The summed E-state index contributed by atoms with van der Waals surface area (Å²) in [6, 6.07) is 6.25. The van der Waals surface area contributed by atoms with Gasteiger partial charge in [0.15, 0.2) is 0 Å². The Bertz CT molecular complexity index is 724. The van der Waals surface area contributed by atoms with E-state index in [9.17, 15) is 0 Å². The number of H-pyrrole nitrogens is 1. The lowest BCUT2D eigenvalue weighted by atomic mass is 10.1. The maximum absolute atomic E-state index is 5.71. The van der Waals surface area contributed by atoms with E-state index in [1.807, 2.05) is 18.6 Å². The normalized spacial score (nSPS) is 18.9. The van der Waals surface area contributed by atoms with Gasteiger partial charge in [-0.05, 0) is 18.9 Å². The molecule has 1 fully saturated rings. The molecule has 0 unspecified atom stereocenters. The molecule has 1 atom stereocenters. The van der Waals surface area contributed by atoms with Gasteiger partial charge < -0.3 is 9.30 Å². The second-order valence-electron chi connectivity index (χ2n) is 5.21. The van der Waals surface area contributed by atoms with E-state index in [4.69, 9.17) is 4.74 Å². The lowest BCUT2D eigenvalue weighted by Crippen LogP contribution is -2.15. The summed E-state index contributed by atoms with van der Waals surface area (Å²) >= 11 is 0. The largest absolute Gasteiger partial charge is 0.376 e. The molecule has 1 aromatic carbocycles. The summed E-state index contributed by atoms with van der Waals surface area (Å²) in [5.74, 6) is 0.983. The Morgan fingerprint density at radius 3 is 3.30 bits per heavy atom. The van der Waals surface area contributed by atoms with E-state index in [0.717, 1.165) is 48.3 Å². The summed E-state index contributed by atoms with van der Waals surface area (Å²) in [6.45, 7) is 1.76. The summed E-state index contributed by atoms with van der Waals surface area (Å²) in [7, 11) is 0. The summed E-state index contributed by atoms with van der Waals surface area (Å²) in [5.41, 5.74) is 2.14. The minimum atomic E-state index is 0.318. The molecule has 3 heterocycles. The highest BCUT2D eigenvalue weighted by Crippen LogP contribution is 2.23. The molecule has 0 radical (unpaired) electrons. The van der Waals surface area contributed by atoms with Crippen molar-refractivity contribution in [1.29, 1.82) is 0 Å². The molecule has 1 N–H and O–H groups in total. The Morgan fingerprint density at radius 1 is 1.40 bits per heavy atom. The van der Waals surface area contributed by atoms with Gasteiger partial charge in [-0.25, -0.2) is 4.98 Å². The van der Waals surface area contributed by atoms with Crippen LogP contribution in [0, 0.1) is 0 Å². The predicted molar refractivity (Wildman–Crippen MR) is 76.3 cm³/mol. The zero-order valence-electron chi connectivity index (χ0n) is 11.1. The number of nitrogens with zero attached hydrogens (tertiary/aromatic N) is 3. The highest BCUT2D eigenvalue weighted by atomic mass is 16.5. The molecule has 0 aliphatic carbocycles. The zero-order valence-corrected chi connectivity index (χ0v) is 11.1. The van der Waals surface area contributed by atoms with Crippen LogP contribution in [0.4, 0.5) is 0 Å². The second-order valence-corrected chi connectivity index (χ2v) is 5.21. The number of imidazole rings is 1. The first-order chi connectivity index (χ1) is 9.90. The first-order valence-electron chi connectivity index (χ1n) is 6.96. The molecule has 1 aliphatic heterocycles. The fourth-order valence-electron chi connectivity index (χ4n) is 2.80. The van der Waals surface area contributed by atoms with Crippen LogP contribution in [-0.4, -0.2) is 32.5 Å². The Hall–Kier alpha value is -2.14. The lowest BCUT2D eigenvalue weighted by molar-refractivity contribution is 0.0974. The lowest BCUT2D eigenvalue weighted by Gasteiger charge is -2.13. The number of rotatable bonds is 3. The van der Waals surface area contributed by atoms with Crippen molar-refractivity contribution in [2.45, 2.75) is 25.5 Å². The number of aromatic amines is 1. The van der Waals surface area contributed by atoms with E-state index in [1.165, 1.54) is 0 Å². The molecule has 4 rings (SSSR count). The fourth-order valence-corrected chi connectivity index (χ4v) is 2.80. The third-order valence-electron chi connectivity index (χ3n) is 3.84. The molecule has 102 valence electrons. The smallest absolute Gasteiger partial charge is 0.140 e. The molecule has 3 aromatic rings. The molecule has 0 bridgehead atoms.